The predicted octanol–water partition coefficient (Wildman–Crippen LogP) is 3.54. The summed E-state index contributed by atoms with van der Waals surface area (Å²) in [5.74, 6) is 0.945. The molecule has 0 aromatic rings. The first kappa shape index (κ1) is 19.6. The van der Waals surface area contributed by atoms with Crippen molar-refractivity contribution in [2.24, 2.45) is 5.92 Å². The average Bonchev–Trinajstić information content (AvgIpc) is 3.28. The third kappa shape index (κ3) is 6.21. The van der Waals surface area contributed by atoms with Gasteiger partial charge in [0.25, 0.3) is 0 Å². The fourth-order valence-electron chi connectivity index (χ4n) is 3.86. The van der Waals surface area contributed by atoms with Gasteiger partial charge in [0, 0.05) is 17.6 Å². The lowest BCUT2D eigenvalue weighted by molar-refractivity contribution is -0.190. The maximum absolute atomic E-state index is 11.6. The van der Waals surface area contributed by atoms with Crippen LogP contribution in [0.25, 0.3) is 0 Å². The molecule has 3 rings (SSSR count). The van der Waals surface area contributed by atoms with Gasteiger partial charge in [0.05, 0.1) is 25.2 Å². The van der Waals surface area contributed by atoms with Crippen LogP contribution in [0.2, 0.25) is 0 Å². The second-order valence-corrected chi connectivity index (χ2v) is 8.49. The zero-order valence-corrected chi connectivity index (χ0v) is 15.9. The van der Waals surface area contributed by atoms with E-state index in [0.717, 1.165) is 70.4 Å². The average molecular weight is 373 g/mol. The zero-order chi connectivity index (χ0) is 17.3. The molecule has 3 aliphatic heterocycles. The highest BCUT2D eigenvalue weighted by Crippen LogP contribution is 2.37. The zero-order valence-electron chi connectivity index (χ0n) is 15.1. The lowest BCUT2D eigenvalue weighted by atomic mass is 9.96. The van der Waals surface area contributed by atoms with Crippen molar-refractivity contribution >= 4 is 18.0 Å². The maximum atomic E-state index is 11.6. The quantitative estimate of drug-likeness (QED) is 0.432. The van der Waals surface area contributed by atoms with Crippen LogP contribution in [0, 0.1) is 5.92 Å². The normalized spacial score (nSPS) is 33.8. The highest BCUT2D eigenvalue weighted by molar-refractivity contribution is 8.00. The Morgan fingerprint density at radius 1 is 0.960 bits per heavy atom. The number of carbonyl (C=O) groups is 1. The smallest absolute Gasteiger partial charge is 0.158 e. The molecule has 0 spiro atoms. The lowest BCUT2D eigenvalue weighted by Crippen LogP contribution is -2.34. The van der Waals surface area contributed by atoms with Crippen LogP contribution in [0.15, 0.2) is 0 Å². The summed E-state index contributed by atoms with van der Waals surface area (Å²) in [7, 11) is 0. The van der Waals surface area contributed by atoms with Gasteiger partial charge < -0.3 is 23.7 Å². The summed E-state index contributed by atoms with van der Waals surface area (Å²) in [6, 6.07) is 0. The van der Waals surface area contributed by atoms with Gasteiger partial charge in [-0.3, -0.25) is 0 Å². The molecule has 3 fully saturated rings. The summed E-state index contributed by atoms with van der Waals surface area (Å²) in [4.78, 5) is 11.6. The topological polar surface area (TPSA) is 54.0 Å². The maximum Gasteiger partial charge on any atom is 0.158 e. The number of thioether (sulfide) groups is 1. The van der Waals surface area contributed by atoms with Crippen molar-refractivity contribution in [1.82, 2.24) is 0 Å². The fourth-order valence-corrected chi connectivity index (χ4v) is 5.39. The summed E-state index contributed by atoms with van der Waals surface area (Å²) < 4.78 is 22.7. The van der Waals surface area contributed by atoms with Crippen LogP contribution in [0.1, 0.15) is 57.8 Å². The minimum absolute atomic E-state index is 0.0239. The number of unbranched alkanes of at least 4 members (excludes halogenated alkanes) is 3. The van der Waals surface area contributed by atoms with Crippen molar-refractivity contribution in [2.75, 3.05) is 25.6 Å². The van der Waals surface area contributed by atoms with Gasteiger partial charge in [0.15, 0.2) is 12.6 Å². The minimum Gasteiger partial charge on any atom is -0.353 e. The predicted molar refractivity (Wildman–Crippen MR) is 97.7 cm³/mol. The van der Waals surface area contributed by atoms with Crippen LogP contribution in [-0.2, 0) is 23.7 Å². The van der Waals surface area contributed by atoms with E-state index in [1.807, 2.05) is 11.8 Å². The van der Waals surface area contributed by atoms with E-state index in [0.29, 0.717) is 5.25 Å². The van der Waals surface area contributed by atoms with Crippen molar-refractivity contribution in [1.29, 1.82) is 0 Å². The van der Waals surface area contributed by atoms with Gasteiger partial charge in [-0.25, -0.2) is 0 Å². The van der Waals surface area contributed by atoms with Gasteiger partial charge in [0.2, 0.25) is 0 Å². The first-order valence-corrected chi connectivity index (χ1v) is 11.0. The SMILES string of the molecule is O=CC1C(OC2CCCCO2)CSC1CCCCCCC1OCCO1. The molecule has 3 heterocycles. The Labute approximate surface area is 155 Å². The number of carbonyl (C=O) groups excluding carboxylic acids is 1. The van der Waals surface area contributed by atoms with E-state index < -0.39 is 0 Å². The molecule has 4 unspecified atom stereocenters. The van der Waals surface area contributed by atoms with Gasteiger partial charge in [-0.1, -0.05) is 19.3 Å². The van der Waals surface area contributed by atoms with Crippen molar-refractivity contribution in [3.8, 4) is 0 Å². The molecule has 0 aliphatic carbocycles. The van der Waals surface area contributed by atoms with Crippen LogP contribution in [0.5, 0.6) is 0 Å². The number of hydrogen-bond acceptors (Lipinski definition) is 6. The van der Waals surface area contributed by atoms with Crippen molar-refractivity contribution in [2.45, 2.75) is 81.7 Å². The van der Waals surface area contributed by atoms with Gasteiger partial charge in [-0.05, 0) is 38.5 Å². The van der Waals surface area contributed by atoms with Crippen molar-refractivity contribution in [3.63, 3.8) is 0 Å². The Hall–Kier alpha value is -0.140. The Bertz CT molecular complexity index is 382. The Kier molecular flexibility index (Phi) is 8.53. The summed E-state index contributed by atoms with van der Waals surface area (Å²) in [6.45, 7) is 2.27. The van der Waals surface area contributed by atoms with Gasteiger partial charge in [0.1, 0.15) is 6.29 Å². The lowest BCUT2D eigenvalue weighted by Gasteiger charge is -2.27. The summed E-state index contributed by atoms with van der Waals surface area (Å²) in [6.07, 6.45) is 11.2. The molecular formula is C19H32O5S. The number of hydrogen-bond donors (Lipinski definition) is 0. The van der Waals surface area contributed by atoms with Crippen molar-refractivity contribution < 1.29 is 23.7 Å². The van der Waals surface area contributed by atoms with E-state index in [1.54, 1.807) is 0 Å². The molecule has 5 nitrogen and oxygen atoms in total. The van der Waals surface area contributed by atoms with Crippen LogP contribution in [0.4, 0.5) is 0 Å². The van der Waals surface area contributed by atoms with E-state index in [-0.39, 0.29) is 24.6 Å². The fraction of sp³-hybridized carbons (Fsp3) is 0.947. The molecule has 25 heavy (non-hydrogen) atoms. The van der Waals surface area contributed by atoms with Gasteiger partial charge >= 0.3 is 0 Å². The summed E-state index contributed by atoms with van der Waals surface area (Å²) in [5.41, 5.74) is 0. The Morgan fingerprint density at radius 2 is 1.76 bits per heavy atom. The Balaban J connectivity index is 1.28. The van der Waals surface area contributed by atoms with E-state index in [2.05, 4.69) is 0 Å². The second kappa shape index (κ2) is 10.9. The molecule has 0 amide bonds. The van der Waals surface area contributed by atoms with E-state index in [9.17, 15) is 4.79 Å². The summed E-state index contributed by atoms with van der Waals surface area (Å²) in [5, 5.41) is 0.410. The molecule has 3 saturated heterocycles. The minimum atomic E-state index is -0.0967. The van der Waals surface area contributed by atoms with Crippen LogP contribution in [0.3, 0.4) is 0 Å². The molecule has 0 N–H and O–H groups in total. The molecular weight excluding hydrogens is 340 g/mol. The molecule has 0 aromatic heterocycles. The first-order chi connectivity index (χ1) is 12.4. The first-order valence-electron chi connectivity index (χ1n) is 9.94. The van der Waals surface area contributed by atoms with E-state index in [1.165, 1.54) is 19.3 Å². The number of rotatable bonds is 10. The number of aldehydes is 1. The second-order valence-electron chi connectivity index (χ2n) is 7.22. The largest absolute Gasteiger partial charge is 0.353 e. The van der Waals surface area contributed by atoms with Crippen LogP contribution < -0.4 is 0 Å². The molecule has 3 aliphatic rings. The Morgan fingerprint density at radius 3 is 2.48 bits per heavy atom. The molecule has 4 atom stereocenters. The molecule has 6 heteroatoms. The molecule has 0 aromatic carbocycles. The monoisotopic (exact) mass is 372 g/mol. The van der Waals surface area contributed by atoms with Crippen LogP contribution >= 0.6 is 11.8 Å². The third-order valence-corrected chi connectivity index (χ3v) is 6.82. The van der Waals surface area contributed by atoms with E-state index >= 15 is 0 Å². The molecule has 0 saturated carbocycles. The standard InChI is InChI=1S/C19H32O5S/c20-13-15-16(24-19-9-5-6-10-21-19)14-25-17(15)7-3-1-2-4-8-18-22-11-12-23-18/h13,15-19H,1-12,14H2. The highest BCUT2D eigenvalue weighted by Gasteiger charge is 2.38. The van der Waals surface area contributed by atoms with Crippen LogP contribution in [-0.4, -0.2) is 55.8 Å². The van der Waals surface area contributed by atoms with Crippen molar-refractivity contribution in [3.05, 3.63) is 0 Å². The van der Waals surface area contributed by atoms with E-state index in [4.69, 9.17) is 18.9 Å². The highest BCUT2D eigenvalue weighted by atomic mass is 32.2. The molecule has 0 radical (unpaired) electrons. The number of ether oxygens (including phenoxy) is 4. The van der Waals surface area contributed by atoms with Gasteiger partial charge in [-0.2, -0.15) is 11.8 Å². The third-order valence-electron chi connectivity index (χ3n) is 5.32. The molecule has 144 valence electrons. The molecule has 0 bridgehead atoms. The summed E-state index contributed by atoms with van der Waals surface area (Å²) >= 11 is 1.90. The van der Waals surface area contributed by atoms with Gasteiger partial charge in [-0.15, -0.1) is 0 Å².